The van der Waals surface area contributed by atoms with Gasteiger partial charge in [-0.3, -0.25) is 4.79 Å². The summed E-state index contributed by atoms with van der Waals surface area (Å²) in [5, 5.41) is 12.6. The number of ether oxygens (including phenoxy) is 1. The lowest BCUT2D eigenvalue weighted by molar-refractivity contribution is -0.131. The number of carbonyl (C=O) groups is 1. The first-order valence-corrected chi connectivity index (χ1v) is 15.3. The molecule has 228 valence electrons. The van der Waals surface area contributed by atoms with Crippen LogP contribution in [0.5, 0.6) is 11.8 Å². The molecule has 8 nitrogen and oxygen atoms in total. The van der Waals surface area contributed by atoms with Gasteiger partial charge in [0.05, 0.1) is 11.6 Å². The van der Waals surface area contributed by atoms with Crippen molar-refractivity contribution in [2.24, 2.45) is 0 Å². The predicted octanol–water partition coefficient (Wildman–Crippen LogP) is 6.50. The lowest BCUT2D eigenvalue weighted by Crippen LogP contribution is -2.58. The third-order valence-electron chi connectivity index (χ3n) is 8.36. The zero-order chi connectivity index (χ0) is 30.8. The molecular weight excluding hydrogens is 569 g/mol. The molecule has 0 aliphatic carbocycles. The van der Waals surface area contributed by atoms with Crippen molar-refractivity contribution in [2.45, 2.75) is 53.1 Å². The van der Waals surface area contributed by atoms with Crippen molar-refractivity contribution in [3.05, 3.63) is 53.3 Å². The Morgan fingerprint density at radius 1 is 1.09 bits per heavy atom. The van der Waals surface area contributed by atoms with Crippen LogP contribution in [-0.4, -0.2) is 82.2 Å². The van der Waals surface area contributed by atoms with Gasteiger partial charge in [-0.05, 0) is 67.9 Å². The van der Waals surface area contributed by atoms with Crippen LogP contribution in [-0.2, 0) is 4.79 Å². The number of phenolic OH excluding ortho intramolecular Hbond substituents is 1. The Hall–Kier alpha value is -3.69. The number of piperazine rings is 1. The van der Waals surface area contributed by atoms with Crippen LogP contribution in [0, 0.1) is 5.82 Å². The van der Waals surface area contributed by atoms with Crippen LogP contribution in [0.2, 0.25) is 5.02 Å². The van der Waals surface area contributed by atoms with Crippen molar-refractivity contribution in [3.63, 3.8) is 0 Å². The average Bonchev–Trinajstić information content (AvgIpc) is 2.98. The summed E-state index contributed by atoms with van der Waals surface area (Å²) in [7, 11) is 0. The van der Waals surface area contributed by atoms with E-state index in [0.29, 0.717) is 36.5 Å². The fourth-order valence-corrected chi connectivity index (χ4v) is 6.34. The molecule has 1 N–H and O–H groups in total. The van der Waals surface area contributed by atoms with Crippen molar-refractivity contribution in [3.8, 4) is 22.9 Å². The second-order valence-electron chi connectivity index (χ2n) is 11.2. The fraction of sp³-hybridized carbons (Fsp3) is 0.424. The van der Waals surface area contributed by atoms with Crippen molar-refractivity contribution < 1.29 is 19.0 Å². The molecule has 4 aromatic rings. The van der Waals surface area contributed by atoms with Gasteiger partial charge in [-0.15, -0.1) is 0 Å². The number of aromatic hydroxyl groups is 1. The van der Waals surface area contributed by atoms with Crippen molar-refractivity contribution >= 4 is 45.0 Å². The molecule has 3 aromatic carbocycles. The second-order valence-corrected chi connectivity index (χ2v) is 11.6. The van der Waals surface area contributed by atoms with E-state index in [1.165, 1.54) is 6.07 Å². The maximum atomic E-state index is 16.7. The van der Waals surface area contributed by atoms with Crippen molar-refractivity contribution in [2.75, 3.05) is 44.2 Å². The monoisotopic (exact) mass is 607 g/mol. The number of hydrogen-bond acceptors (Lipinski definition) is 7. The number of halogens is 2. The number of nitrogens with zero attached hydrogens (tertiary/aromatic N) is 5. The van der Waals surface area contributed by atoms with Crippen LogP contribution in [0.15, 0.2) is 42.5 Å². The van der Waals surface area contributed by atoms with E-state index < -0.39 is 5.82 Å². The molecule has 0 unspecified atom stereocenters. The van der Waals surface area contributed by atoms with Gasteiger partial charge in [-0.25, -0.2) is 4.39 Å². The largest absolute Gasteiger partial charge is 0.508 e. The number of fused-ring (bicyclic) bond motifs is 2. The molecule has 5 rings (SSSR count). The summed E-state index contributed by atoms with van der Waals surface area (Å²) in [6, 6.07) is 12.2. The highest BCUT2D eigenvalue weighted by molar-refractivity contribution is 6.35. The van der Waals surface area contributed by atoms with Gasteiger partial charge in [0.2, 0.25) is 5.91 Å². The number of phenols is 1. The summed E-state index contributed by atoms with van der Waals surface area (Å²) in [5.41, 5.74) is 0.713. The normalized spacial score (nSPS) is 17.3. The van der Waals surface area contributed by atoms with Crippen LogP contribution in [0.1, 0.15) is 41.0 Å². The maximum absolute atomic E-state index is 16.7. The van der Waals surface area contributed by atoms with E-state index in [-0.39, 0.29) is 45.9 Å². The summed E-state index contributed by atoms with van der Waals surface area (Å²) >= 11 is 6.85. The van der Waals surface area contributed by atoms with Gasteiger partial charge in [0.15, 0.2) is 5.82 Å². The van der Waals surface area contributed by atoms with E-state index in [0.717, 1.165) is 36.8 Å². The summed E-state index contributed by atoms with van der Waals surface area (Å²) in [6.07, 6.45) is 0.771. The smallest absolute Gasteiger partial charge is 0.319 e. The summed E-state index contributed by atoms with van der Waals surface area (Å²) in [6.45, 7) is 14.0. The van der Waals surface area contributed by atoms with Gasteiger partial charge >= 0.3 is 6.01 Å². The minimum atomic E-state index is -0.613. The summed E-state index contributed by atoms with van der Waals surface area (Å²) in [4.78, 5) is 27.8. The van der Waals surface area contributed by atoms with Crippen LogP contribution in [0.4, 0.5) is 10.2 Å². The Kier molecular flexibility index (Phi) is 9.22. The topological polar surface area (TPSA) is 82.0 Å². The van der Waals surface area contributed by atoms with E-state index in [4.69, 9.17) is 21.3 Å². The van der Waals surface area contributed by atoms with Gasteiger partial charge in [0.1, 0.15) is 17.1 Å². The second kappa shape index (κ2) is 12.9. The molecule has 1 fully saturated rings. The lowest BCUT2D eigenvalue weighted by atomic mass is 9.96. The third-order valence-corrected chi connectivity index (χ3v) is 8.66. The third kappa shape index (κ3) is 6.19. The number of amides is 1. The van der Waals surface area contributed by atoms with Crippen LogP contribution >= 0.6 is 11.6 Å². The minimum Gasteiger partial charge on any atom is -0.508 e. The van der Waals surface area contributed by atoms with E-state index in [1.54, 1.807) is 19.1 Å². The Balaban J connectivity index is 1.64. The zero-order valence-corrected chi connectivity index (χ0v) is 26.2. The van der Waals surface area contributed by atoms with Gasteiger partial charge in [-0.2, -0.15) is 9.97 Å². The van der Waals surface area contributed by atoms with E-state index in [1.807, 2.05) is 43.0 Å². The highest BCUT2D eigenvalue weighted by Gasteiger charge is 2.33. The highest BCUT2D eigenvalue weighted by atomic mass is 35.5. The number of benzene rings is 3. The number of carbonyl (C=O) groups excluding carboxylic acids is 1. The Labute approximate surface area is 257 Å². The molecule has 43 heavy (non-hydrogen) atoms. The molecule has 1 aliphatic rings. The number of aromatic nitrogens is 2. The number of anilines is 1. The molecule has 1 saturated heterocycles. The fourth-order valence-electron chi connectivity index (χ4n) is 6.04. The number of rotatable bonds is 9. The molecular formula is C33H39ClFN5O3. The molecule has 0 bridgehead atoms. The van der Waals surface area contributed by atoms with Crippen LogP contribution in [0.25, 0.3) is 32.8 Å². The molecule has 0 radical (unpaired) electrons. The van der Waals surface area contributed by atoms with E-state index >= 15 is 4.39 Å². The Bertz CT molecular complexity index is 1650. The molecule has 2 heterocycles. The molecule has 0 spiro atoms. The first-order chi connectivity index (χ1) is 20.6. The Morgan fingerprint density at radius 2 is 1.84 bits per heavy atom. The van der Waals surface area contributed by atoms with E-state index in [9.17, 15) is 9.90 Å². The van der Waals surface area contributed by atoms with Gasteiger partial charge in [0.25, 0.3) is 0 Å². The summed E-state index contributed by atoms with van der Waals surface area (Å²) < 4.78 is 22.8. The van der Waals surface area contributed by atoms with Gasteiger partial charge in [-0.1, -0.05) is 49.7 Å². The number of hydrogen-bond donors (Lipinski definition) is 1. The molecule has 2 atom stereocenters. The Morgan fingerprint density at radius 3 is 2.56 bits per heavy atom. The predicted molar refractivity (Wildman–Crippen MR) is 171 cm³/mol. The van der Waals surface area contributed by atoms with E-state index in [2.05, 4.69) is 28.6 Å². The molecule has 10 heteroatoms. The molecule has 1 aromatic heterocycles. The zero-order valence-electron chi connectivity index (χ0n) is 25.4. The van der Waals surface area contributed by atoms with Gasteiger partial charge < -0.3 is 24.5 Å². The SMILES string of the molecule is CCN(CC)CCCOc1nc(N2C[C@@H](C)N(C(C)=O)C[C@@H]2C)c2cc(Cl)c(-c3cc(O)cc4ccccc34)c(F)c2n1. The molecule has 1 amide bonds. The van der Waals surface area contributed by atoms with Crippen molar-refractivity contribution in [1.82, 2.24) is 19.8 Å². The first kappa shape index (κ1) is 30.8. The first-order valence-electron chi connectivity index (χ1n) is 14.9. The summed E-state index contributed by atoms with van der Waals surface area (Å²) in [5.74, 6) is -0.0748. The van der Waals surface area contributed by atoms with Crippen molar-refractivity contribution in [1.29, 1.82) is 0 Å². The minimum absolute atomic E-state index is 0.0102. The maximum Gasteiger partial charge on any atom is 0.319 e. The molecule has 0 saturated carbocycles. The van der Waals surface area contributed by atoms with Crippen LogP contribution < -0.4 is 9.64 Å². The van der Waals surface area contributed by atoms with Crippen LogP contribution in [0.3, 0.4) is 0 Å². The highest BCUT2D eigenvalue weighted by Crippen LogP contribution is 2.43. The average molecular weight is 608 g/mol. The quantitative estimate of drug-likeness (QED) is 0.217. The lowest BCUT2D eigenvalue weighted by Gasteiger charge is -2.44. The standard InChI is InChI=1S/C33H39ClFN5O3/c1-6-38(7-2)13-10-14-43-33-36-31-27(32(37-33)40-19-20(3)39(22(5)41)18-21(40)4)17-28(34)29(30(31)35)26-16-24(42)15-23-11-8-9-12-25(23)26/h8-9,11-12,15-17,20-21,42H,6-7,10,13-14,18-19H2,1-5H3/t20-,21+/m1/s1. The van der Waals surface area contributed by atoms with Gasteiger partial charge in [0, 0.05) is 49.6 Å². The molecule has 1 aliphatic heterocycles.